The predicted octanol–water partition coefficient (Wildman–Crippen LogP) is 5.84. The van der Waals surface area contributed by atoms with Crippen LogP contribution in [0.15, 0.2) is 97.2 Å². The zero-order valence-electron chi connectivity index (χ0n) is 13.4. The first-order valence-electron chi connectivity index (χ1n) is 8.28. The van der Waals surface area contributed by atoms with Crippen molar-refractivity contribution in [3.05, 3.63) is 114 Å². The van der Waals surface area contributed by atoms with Gasteiger partial charge < -0.3 is 4.98 Å². The van der Waals surface area contributed by atoms with Gasteiger partial charge in [-0.15, -0.1) is 0 Å². The van der Waals surface area contributed by atoms with Gasteiger partial charge in [-0.3, -0.25) is 0 Å². The van der Waals surface area contributed by atoms with Gasteiger partial charge in [-0.05, 0) is 34.8 Å². The third kappa shape index (κ3) is 2.89. The molecule has 24 heavy (non-hydrogen) atoms. The van der Waals surface area contributed by atoms with E-state index in [-0.39, 0.29) is 0 Å². The van der Waals surface area contributed by atoms with Gasteiger partial charge in [0.25, 0.3) is 0 Å². The van der Waals surface area contributed by atoms with E-state index in [0.29, 0.717) is 0 Å². The van der Waals surface area contributed by atoms with Crippen LogP contribution in [0.3, 0.4) is 0 Å². The van der Waals surface area contributed by atoms with Gasteiger partial charge in [-0.2, -0.15) is 0 Å². The van der Waals surface area contributed by atoms with Crippen LogP contribution >= 0.6 is 0 Å². The molecule has 116 valence electrons. The molecule has 0 unspecified atom stereocenters. The van der Waals surface area contributed by atoms with Crippen LogP contribution in [-0.2, 0) is 6.42 Å². The summed E-state index contributed by atoms with van der Waals surface area (Å²) in [5.41, 5.74) is 6.31. The van der Waals surface area contributed by atoms with Crippen molar-refractivity contribution in [2.24, 2.45) is 0 Å². The maximum absolute atomic E-state index is 3.36. The molecule has 0 aliphatic heterocycles. The summed E-state index contributed by atoms with van der Waals surface area (Å²) in [6.07, 6.45) is 5.36. The van der Waals surface area contributed by atoms with Crippen molar-refractivity contribution < 1.29 is 0 Å². The molecule has 0 aliphatic rings. The average Bonchev–Trinajstić information content (AvgIpc) is 3.07. The average molecular weight is 309 g/mol. The highest BCUT2D eigenvalue weighted by Gasteiger charge is 2.06. The molecular weight excluding hydrogens is 290 g/mol. The zero-order chi connectivity index (χ0) is 16.2. The summed E-state index contributed by atoms with van der Waals surface area (Å²) in [4.78, 5) is 3.36. The number of aromatic nitrogens is 1. The standard InChI is InChI=1S/C23H19N/c1-3-9-18(10-4-1)21(19-11-5-2-6-12-19)16-15-20-17-24-23-14-8-7-13-22(20)23/h1-14,16-17,24H,15H2. The van der Waals surface area contributed by atoms with E-state index in [9.17, 15) is 0 Å². The number of H-pyrrole nitrogens is 1. The summed E-state index contributed by atoms with van der Waals surface area (Å²) < 4.78 is 0. The fourth-order valence-electron chi connectivity index (χ4n) is 3.15. The van der Waals surface area contributed by atoms with Crippen LogP contribution in [0.2, 0.25) is 0 Å². The van der Waals surface area contributed by atoms with Gasteiger partial charge in [0.1, 0.15) is 0 Å². The number of fused-ring (bicyclic) bond motifs is 1. The molecule has 1 heterocycles. The minimum Gasteiger partial charge on any atom is -0.361 e. The van der Waals surface area contributed by atoms with Crippen LogP contribution in [0, 0.1) is 0 Å². The lowest BCUT2D eigenvalue weighted by Crippen LogP contribution is -1.89. The smallest absolute Gasteiger partial charge is 0.0456 e. The van der Waals surface area contributed by atoms with Crippen molar-refractivity contribution in [1.29, 1.82) is 0 Å². The quantitative estimate of drug-likeness (QED) is 0.487. The predicted molar refractivity (Wildman–Crippen MR) is 102 cm³/mol. The molecule has 0 spiro atoms. The fraction of sp³-hybridized carbons (Fsp3) is 0.0435. The molecule has 0 bridgehead atoms. The number of para-hydroxylation sites is 1. The molecule has 3 aromatic carbocycles. The Kier molecular flexibility index (Phi) is 3.99. The number of nitrogens with one attached hydrogen (secondary N) is 1. The van der Waals surface area contributed by atoms with E-state index in [2.05, 4.69) is 102 Å². The second-order valence-electron chi connectivity index (χ2n) is 5.91. The van der Waals surface area contributed by atoms with E-state index in [1.165, 1.54) is 33.2 Å². The van der Waals surface area contributed by atoms with E-state index >= 15 is 0 Å². The van der Waals surface area contributed by atoms with E-state index < -0.39 is 0 Å². The molecule has 0 saturated carbocycles. The lowest BCUT2D eigenvalue weighted by atomic mass is 9.96. The topological polar surface area (TPSA) is 15.8 Å². The number of hydrogen-bond donors (Lipinski definition) is 1. The molecule has 4 rings (SSSR count). The number of hydrogen-bond acceptors (Lipinski definition) is 0. The maximum Gasteiger partial charge on any atom is 0.0456 e. The van der Waals surface area contributed by atoms with E-state index in [4.69, 9.17) is 0 Å². The Morgan fingerprint density at radius 3 is 1.96 bits per heavy atom. The largest absolute Gasteiger partial charge is 0.361 e. The number of rotatable bonds is 4. The van der Waals surface area contributed by atoms with Crippen molar-refractivity contribution in [1.82, 2.24) is 4.98 Å². The third-order valence-electron chi connectivity index (χ3n) is 4.37. The third-order valence-corrected chi connectivity index (χ3v) is 4.37. The number of aromatic amines is 1. The molecule has 0 aliphatic carbocycles. The minimum atomic E-state index is 0.906. The van der Waals surface area contributed by atoms with Gasteiger partial charge in [0.15, 0.2) is 0 Å². The Labute approximate surface area is 142 Å². The minimum absolute atomic E-state index is 0.906. The summed E-state index contributed by atoms with van der Waals surface area (Å²) >= 11 is 0. The monoisotopic (exact) mass is 309 g/mol. The highest BCUT2D eigenvalue weighted by atomic mass is 14.7. The summed E-state index contributed by atoms with van der Waals surface area (Å²) in [5.74, 6) is 0. The Morgan fingerprint density at radius 1 is 0.708 bits per heavy atom. The Bertz CT molecular complexity index is 921. The normalized spacial score (nSPS) is 10.7. The van der Waals surface area contributed by atoms with Crippen LogP contribution in [0.5, 0.6) is 0 Å². The molecule has 1 heteroatoms. The van der Waals surface area contributed by atoms with Crippen molar-refractivity contribution >= 4 is 16.5 Å². The second-order valence-corrected chi connectivity index (χ2v) is 5.91. The van der Waals surface area contributed by atoms with Crippen molar-refractivity contribution in [3.8, 4) is 0 Å². The molecule has 0 saturated heterocycles. The zero-order valence-corrected chi connectivity index (χ0v) is 13.4. The van der Waals surface area contributed by atoms with Gasteiger partial charge in [0.05, 0.1) is 0 Å². The van der Waals surface area contributed by atoms with Crippen molar-refractivity contribution in [2.75, 3.05) is 0 Å². The number of benzene rings is 3. The van der Waals surface area contributed by atoms with Gasteiger partial charge >= 0.3 is 0 Å². The number of allylic oxidation sites excluding steroid dienone is 1. The molecule has 0 fully saturated rings. The fourth-order valence-corrected chi connectivity index (χ4v) is 3.15. The lowest BCUT2D eigenvalue weighted by Gasteiger charge is -2.08. The Hall–Kier alpha value is -3.06. The van der Waals surface area contributed by atoms with Gasteiger partial charge in [-0.25, -0.2) is 0 Å². The first-order chi connectivity index (χ1) is 11.9. The van der Waals surface area contributed by atoms with Crippen LogP contribution in [0.4, 0.5) is 0 Å². The highest BCUT2D eigenvalue weighted by Crippen LogP contribution is 2.25. The first kappa shape index (κ1) is 14.5. The van der Waals surface area contributed by atoms with Gasteiger partial charge in [-0.1, -0.05) is 84.9 Å². The Morgan fingerprint density at radius 2 is 1.29 bits per heavy atom. The Balaban J connectivity index is 1.75. The van der Waals surface area contributed by atoms with E-state index in [0.717, 1.165) is 6.42 Å². The molecular formula is C23H19N. The van der Waals surface area contributed by atoms with E-state index in [1.54, 1.807) is 0 Å². The van der Waals surface area contributed by atoms with Crippen molar-refractivity contribution in [3.63, 3.8) is 0 Å². The van der Waals surface area contributed by atoms with Crippen LogP contribution in [0.25, 0.3) is 16.5 Å². The molecule has 1 nitrogen and oxygen atoms in total. The van der Waals surface area contributed by atoms with Crippen LogP contribution < -0.4 is 0 Å². The molecule has 1 aromatic heterocycles. The van der Waals surface area contributed by atoms with Gasteiger partial charge in [0.2, 0.25) is 0 Å². The molecule has 0 atom stereocenters. The second kappa shape index (κ2) is 6.59. The van der Waals surface area contributed by atoms with Crippen molar-refractivity contribution in [2.45, 2.75) is 6.42 Å². The highest BCUT2D eigenvalue weighted by molar-refractivity contribution is 5.84. The van der Waals surface area contributed by atoms with Crippen LogP contribution in [-0.4, -0.2) is 4.98 Å². The molecule has 0 radical (unpaired) electrons. The summed E-state index contributed by atoms with van der Waals surface area (Å²) in [5, 5.41) is 1.30. The first-order valence-corrected chi connectivity index (χ1v) is 8.28. The molecule has 1 N–H and O–H groups in total. The van der Waals surface area contributed by atoms with E-state index in [1.807, 2.05) is 0 Å². The summed E-state index contributed by atoms with van der Waals surface area (Å²) in [6, 6.07) is 29.7. The SMILES string of the molecule is C(Cc1c[nH]c2ccccc12)=C(c1ccccc1)c1ccccc1. The maximum atomic E-state index is 3.36. The summed E-state index contributed by atoms with van der Waals surface area (Å²) in [7, 11) is 0. The molecule has 0 amide bonds. The van der Waals surface area contributed by atoms with Gasteiger partial charge in [0, 0.05) is 17.1 Å². The lowest BCUT2D eigenvalue weighted by molar-refractivity contribution is 1.28. The van der Waals surface area contributed by atoms with Crippen LogP contribution in [0.1, 0.15) is 16.7 Å². The molecule has 4 aromatic rings. The summed E-state index contributed by atoms with van der Waals surface area (Å²) in [6.45, 7) is 0.